The number of nitrogens with two attached hydrogens (primary N) is 1. The summed E-state index contributed by atoms with van der Waals surface area (Å²) in [6.07, 6.45) is 3.74. The minimum absolute atomic E-state index is 0.0211. The third-order valence-electron chi connectivity index (χ3n) is 4.13. The molecule has 0 amide bonds. The number of anilines is 1. The molecule has 0 aliphatic rings. The van der Waals surface area contributed by atoms with Crippen molar-refractivity contribution in [1.82, 2.24) is 24.8 Å². The Balaban J connectivity index is 2.02. The lowest BCUT2D eigenvalue weighted by Crippen LogP contribution is -2.01. The van der Waals surface area contributed by atoms with E-state index in [0.717, 1.165) is 5.52 Å². The summed E-state index contributed by atoms with van der Waals surface area (Å²) in [6, 6.07) is 4.33. The van der Waals surface area contributed by atoms with Crippen molar-refractivity contribution in [3.8, 4) is 22.6 Å². The van der Waals surface area contributed by atoms with Gasteiger partial charge in [0.1, 0.15) is 11.3 Å². The smallest absolute Gasteiger partial charge is 0.199 e. The lowest BCUT2D eigenvalue weighted by molar-refractivity contribution is 0.112. The van der Waals surface area contributed by atoms with E-state index in [1.807, 2.05) is 11.5 Å². The summed E-state index contributed by atoms with van der Waals surface area (Å²) in [5.41, 5.74) is 8.86. The monoisotopic (exact) mass is 352 g/mol. The molecule has 9 heteroatoms. The summed E-state index contributed by atoms with van der Waals surface area (Å²) < 4.78 is 20.2. The summed E-state index contributed by atoms with van der Waals surface area (Å²) in [6.45, 7) is 2.51. The molecule has 0 unspecified atom stereocenters. The molecule has 1 aromatic carbocycles. The van der Waals surface area contributed by atoms with Crippen molar-refractivity contribution in [3.05, 3.63) is 42.0 Å². The van der Waals surface area contributed by atoms with Gasteiger partial charge in [-0.3, -0.25) is 9.78 Å². The van der Waals surface area contributed by atoms with Gasteiger partial charge in [0, 0.05) is 18.3 Å². The first-order chi connectivity index (χ1) is 12.6. The van der Waals surface area contributed by atoms with E-state index in [-0.39, 0.29) is 11.4 Å². The van der Waals surface area contributed by atoms with E-state index in [4.69, 9.17) is 5.73 Å². The third-order valence-corrected chi connectivity index (χ3v) is 4.13. The minimum atomic E-state index is -0.574. The van der Waals surface area contributed by atoms with E-state index in [1.165, 1.54) is 12.1 Å². The van der Waals surface area contributed by atoms with Gasteiger partial charge in [0.2, 0.25) is 0 Å². The second-order valence-electron chi connectivity index (χ2n) is 5.59. The molecule has 0 saturated heterocycles. The molecule has 130 valence electrons. The van der Waals surface area contributed by atoms with Crippen molar-refractivity contribution < 1.29 is 13.8 Å². The van der Waals surface area contributed by atoms with Crippen LogP contribution in [0, 0.1) is 5.82 Å². The summed E-state index contributed by atoms with van der Waals surface area (Å²) >= 11 is 0. The van der Waals surface area contributed by atoms with Crippen LogP contribution in [0.3, 0.4) is 0 Å². The lowest BCUT2D eigenvalue weighted by atomic mass is 10.0. The standard InChI is InChI=1S/C17H13FN6O2/c1-2-24-15-11(9-3-4-12(18)10(5-9)8-25)6-20-7-13(15)21-17(24)14-16(19)23-26-22-14/h3-8H,2H2,1H3,(H2,19,23). The SMILES string of the molecule is CCn1c(-c2nonc2N)nc2cncc(-c3ccc(F)c(C=O)c3)c21. The molecular weight excluding hydrogens is 339 g/mol. The molecule has 3 heterocycles. The molecular formula is C17H13FN6O2. The maximum Gasteiger partial charge on any atom is 0.199 e. The van der Waals surface area contributed by atoms with E-state index >= 15 is 0 Å². The number of halogens is 1. The van der Waals surface area contributed by atoms with E-state index < -0.39 is 5.82 Å². The Morgan fingerprint density at radius 2 is 2.15 bits per heavy atom. The zero-order valence-electron chi connectivity index (χ0n) is 13.7. The highest BCUT2D eigenvalue weighted by Gasteiger charge is 2.21. The predicted molar refractivity (Wildman–Crippen MR) is 91.7 cm³/mol. The van der Waals surface area contributed by atoms with Crippen LogP contribution < -0.4 is 5.73 Å². The zero-order chi connectivity index (χ0) is 18.3. The van der Waals surface area contributed by atoms with Crippen LogP contribution >= 0.6 is 0 Å². The maximum atomic E-state index is 13.7. The van der Waals surface area contributed by atoms with Crippen LogP contribution in [0.4, 0.5) is 10.2 Å². The second kappa shape index (κ2) is 6.03. The molecule has 3 aromatic heterocycles. The normalized spacial score (nSPS) is 11.2. The largest absolute Gasteiger partial charge is 0.379 e. The molecule has 26 heavy (non-hydrogen) atoms. The van der Waals surface area contributed by atoms with Crippen molar-refractivity contribution in [2.24, 2.45) is 0 Å². The topological polar surface area (TPSA) is 113 Å². The van der Waals surface area contributed by atoms with Gasteiger partial charge in [-0.05, 0) is 34.9 Å². The van der Waals surface area contributed by atoms with Gasteiger partial charge in [-0.2, -0.15) is 0 Å². The molecule has 0 fully saturated rings. The Kier molecular flexibility index (Phi) is 3.68. The van der Waals surface area contributed by atoms with Gasteiger partial charge in [-0.1, -0.05) is 6.07 Å². The van der Waals surface area contributed by atoms with Gasteiger partial charge in [0.05, 0.1) is 17.3 Å². The predicted octanol–water partition coefficient (Wildman–Crippen LogP) is 2.70. The molecule has 2 N–H and O–H groups in total. The number of nitrogen functional groups attached to an aromatic ring is 1. The highest BCUT2D eigenvalue weighted by Crippen LogP contribution is 2.33. The maximum absolute atomic E-state index is 13.7. The minimum Gasteiger partial charge on any atom is -0.379 e. The molecule has 0 aliphatic heterocycles. The average Bonchev–Trinajstić information content (AvgIpc) is 3.24. The number of benzene rings is 1. The van der Waals surface area contributed by atoms with Gasteiger partial charge in [-0.15, -0.1) is 0 Å². The van der Waals surface area contributed by atoms with Crippen LogP contribution in [-0.4, -0.2) is 31.1 Å². The Hall–Kier alpha value is -3.62. The van der Waals surface area contributed by atoms with Gasteiger partial charge in [-0.25, -0.2) is 14.0 Å². The molecule has 0 aliphatic carbocycles. The number of carbonyl (C=O) groups is 1. The first kappa shape index (κ1) is 15.9. The molecule has 4 aromatic rings. The van der Waals surface area contributed by atoms with Gasteiger partial charge < -0.3 is 10.3 Å². The van der Waals surface area contributed by atoms with E-state index in [9.17, 15) is 9.18 Å². The van der Waals surface area contributed by atoms with Crippen molar-refractivity contribution >= 4 is 23.1 Å². The number of aldehydes is 1. The number of hydrogen-bond acceptors (Lipinski definition) is 7. The van der Waals surface area contributed by atoms with Crippen LogP contribution in [-0.2, 0) is 6.54 Å². The molecule has 0 bridgehead atoms. The van der Waals surface area contributed by atoms with Gasteiger partial charge in [0.15, 0.2) is 23.6 Å². The quantitative estimate of drug-likeness (QED) is 0.562. The van der Waals surface area contributed by atoms with Crippen molar-refractivity contribution in [3.63, 3.8) is 0 Å². The molecule has 0 spiro atoms. The fraction of sp³-hybridized carbons (Fsp3) is 0.118. The third kappa shape index (κ3) is 2.32. The number of aryl methyl sites for hydroxylation is 1. The van der Waals surface area contributed by atoms with Crippen molar-refractivity contribution in [1.29, 1.82) is 0 Å². The van der Waals surface area contributed by atoms with Crippen LogP contribution in [0.5, 0.6) is 0 Å². The first-order valence-electron chi connectivity index (χ1n) is 7.81. The van der Waals surface area contributed by atoms with Gasteiger partial charge in [0.25, 0.3) is 0 Å². The van der Waals surface area contributed by atoms with Crippen molar-refractivity contribution in [2.75, 3.05) is 5.73 Å². The van der Waals surface area contributed by atoms with Crippen molar-refractivity contribution in [2.45, 2.75) is 13.5 Å². The van der Waals surface area contributed by atoms with Gasteiger partial charge >= 0.3 is 0 Å². The highest BCUT2D eigenvalue weighted by molar-refractivity contribution is 5.94. The molecule has 4 rings (SSSR count). The van der Waals surface area contributed by atoms with Crippen LogP contribution in [0.25, 0.3) is 33.7 Å². The highest BCUT2D eigenvalue weighted by atomic mass is 19.1. The second-order valence-corrected chi connectivity index (χ2v) is 5.59. The van der Waals surface area contributed by atoms with E-state index in [1.54, 1.807) is 18.5 Å². The summed E-state index contributed by atoms with van der Waals surface area (Å²) in [5.74, 6) is 0.0535. The number of hydrogen-bond donors (Lipinski definition) is 1. The number of aromatic nitrogens is 5. The Morgan fingerprint density at radius 1 is 1.31 bits per heavy atom. The Labute approximate surface area is 146 Å². The van der Waals surface area contributed by atoms with Crippen LogP contribution in [0.15, 0.2) is 35.2 Å². The number of imidazole rings is 1. The molecule has 0 saturated carbocycles. The number of nitrogens with zero attached hydrogens (tertiary/aromatic N) is 5. The number of fused-ring (bicyclic) bond motifs is 1. The molecule has 0 atom stereocenters. The van der Waals surface area contributed by atoms with E-state index in [0.29, 0.717) is 41.0 Å². The summed E-state index contributed by atoms with van der Waals surface area (Å²) in [5, 5.41) is 7.41. The van der Waals surface area contributed by atoms with Crippen LogP contribution in [0.2, 0.25) is 0 Å². The Bertz CT molecular complexity index is 1130. The number of rotatable bonds is 4. The average molecular weight is 352 g/mol. The van der Waals surface area contributed by atoms with E-state index in [2.05, 4.69) is 24.9 Å². The fourth-order valence-electron chi connectivity index (χ4n) is 2.94. The fourth-order valence-corrected chi connectivity index (χ4v) is 2.94. The number of carbonyl (C=O) groups excluding carboxylic acids is 1. The summed E-state index contributed by atoms with van der Waals surface area (Å²) in [7, 11) is 0. The number of pyridine rings is 1. The lowest BCUT2D eigenvalue weighted by Gasteiger charge is -2.09. The molecule has 8 nitrogen and oxygen atoms in total. The zero-order valence-corrected chi connectivity index (χ0v) is 13.7. The first-order valence-corrected chi connectivity index (χ1v) is 7.81. The summed E-state index contributed by atoms with van der Waals surface area (Å²) in [4.78, 5) is 19.8. The van der Waals surface area contributed by atoms with Crippen LogP contribution in [0.1, 0.15) is 17.3 Å². The molecule has 0 radical (unpaired) electrons. The Morgan fingerprint density at radius 3 is 2.85 bits per heavy atom.